The van der Waals surface area contributed by atoms with Crippen LogP contribution in [0.2, 0.25) is 0 Å². The maximum Gasteiger partial charge on any atom is 0.490 e. The molecule has 1 aromatic heterocycles. The normalized spacial score (nSPS) is 21.0. The van der Waals surface area contributed by atoms with Gasteiger partial charge in [-0.15, -0.1) is 11.3 Å². The minimum atomic E-state index is -5.08. The monoisotopic (exact) mass is 440 g/mol. The average molecular weight is 440 g/mol. The highest BCUT2D eigenvalue weighted by Gasteiger charge is 2.59. The summed E-state index contributed by atoms with van der Waals surface area (Å²) in [6.45, 7) is 3.05. The van der Waals surface area contributed by atoms with Gasteiger partial charge in [-0.25, -0.2) is 4.79 Å². The summed E-state index contributed by atoms with van der Waals surface area (Å²) in [4.78, 5) is 27.4. The number of alkyl halides is 3. The number of halogens is 3. The quantitative estimate of drug-likeness (QED) is 0.728. The molecule has 1 unspecified atom stereocenters. The Bertz CT molecular complexity index is 863. The number of aliphatic carboxylic acids is 1. The zero-order valence-electron chi connectivity index (χ0n) is 16.4. The number of carboxylic acid groups (broad SMARTS) is 1. The van der Waals surface area contributed by atoms with Crippen LogP contribution in [-0.4, -0.2) is 53.1 Å². The Hall–Kier alpha value is -2.39. The fraction of sp³-hybridized carbons (Fsp3) is 0.429. The number of piperidine rings is 1. The van der Waals surface area contributed by atoms with Crippen LogP contribution in [0.3, 0.4) is 0 Å². The molecule has 30 heavy (non-hydrogen) atoms. The van der Waals surface area contributed by atoms with E-state index in [2.05, 4.69) is 46.7 Å². The summed E-state index contributed by atoms with van der Waals surface area (Å²) >= 11 is 1.82. The number of likely N-dealkylation sites (tertiary alicyclic amines) is 2. The average Bonchev–Trinajstić information content (AvgIpc) is 3.23. The molecule has 9 heteroatoms. The van der Waals surface area contributed by atoms with Gasteiger partial charge in [-0.1, -0.05) is 36.4 Å². The summed E-state index contributed by atoms with van der Waals surface area (Å²) in [6, 6.07) is 15.1. The van der Waals surface area contributed by atoms with Gasteiger partial charge in [0, 0.05) is 18.5 Å². The highest BCUT2D eigenvalue weighted by molar-refractivity contribution is 7.09. The molecule has 1 spiro atoms. The molecule has 162 valence electrons. The van der Waals surface area contributed by atoms with Crippen molar-refractivity contribution in [2.45, 2.75) is 31.6 Å². The molecule has 0 bridgehead atoms. The smallest absolute Gasteiger partial charge is 0.475 e. The number of benzene rings is 1. The van der Waals surface area contributed by atoms with Crippen molar-refractivity contribution in [2.24, 2.45) is 5.41 Å². The Balaban J connectivity index is 0.000000318. The van der Waals surface area contributed by atoms with Crippen molar-refractivity contribution in [1.82, 2.24) is 9.80 Å². The minimum absolute atomic E-state index is 0.165. The predicted molar refractivity (Wildman–Crippen MR) is 107 cm³/mol. The van der Waals surface area contributed by atoms with Crippen LogP contribution in [0, 0.1) is 5.41 Å². The maximum atomic E-state index is 12.7. The van der Waals surface area contributed by atoms with Gasteiger partial charge in [0.05, 0.1) is 11.5 Å². The Kier molecular flexibility index (Phi) is 6.52. The number of nitrogens with zero attached hydrogens (tertiary/aromatic N) is 2. The maximum absolute atomic E-state index is 12.7. The number of carbonyl (C=O) groups excluding carboxylic acids is 1. The largest absolute Gasteiger partial charge is 0.490 e. The van der Waals surface area contributed by atoms with E-state index in [1.165, 1.54) is 10.4 Å². The van der Waals surface area contributed by atoms with Crippen molar-refractivity contribution in [3.05, 3.63) is 58.3 Å². The summed E-state index contributed by atoms with van der Waals surface area (Å²) in [7, 11) is 1.95. The summed E-state index contributed by atoms with van der Waals surface area (Å²) in [5.41, 5.74) is 1.11. The second-order valence-electron chi connectivity index (χ2n) is 7.54. The molecule has 5 nitrogen and oxygen atoms in total. The lowest BCUT2D eigenvalue weighted by Gasteiger charge is -2.58. The third kappa shape index (κ3) is 4.52. The van der Waals surface area contributed by atoms with Gasteiger partial charge in [-0.3, -0.25) is 9.69 Å². The molecule has 4 rings (SSSR count). The van der Waals surface area contributed by atoms with Crippen LogP contribution in [0.1, 0.15) is 29.3 Å². The van der Waals surface area contributed by atoms with Gasteiger partial charge in [-0.2, -0.15) is 13.2 Å². The van der Waals surface area contributed by atoms with Crippen LogP contribution in [0.4, 0.5) is 13.2 Å². The van der Waals surface area contributed by atoms with Gasteiger partial charge in [0.1, 0.15) is 0 Å². The van der Waals surface area contributed by atoms with Crippen molar-refractivity contribution >= 4 is 23.2 Å². The number of β-lactam (4-membered cyclic amide) rings is 1. The number of carboxylic acids is 1. The van der Waals surface area contributed by atoms with Gasteiger partial charge in [0.25, 0.3) is 0 Å². The predicted octanol–water partition coefficient (Wildman–Crippen LogP) is 4.18. The Labute approximate surface area is 176 Å². The fourth-order valence-corrected chi connectivity index (χ4v) is 5.03. The number of carbonyl (C=O) groups is 2. The van der Waals surface area contributed by atoms with Crippen LogP contribution in [0.25, 0.3) is 0 Å². The van der Waals surface area contributed by atoms with E-state index in [1.54, 1.807) is 0 Å². The highest BCUT2D eigenvalue weighted by atomic mass is 32.1. The molecule has 1 amide bonds. The Morgan fingerprint density at radius 2 is 1.77 bits per heavy atom. The molecule has 0 saturated carbocycles. The molecule has 2 saturated heterocycles. The topological polar surface area (TPSA) is 60.9 Å². The van der Waals surface area contributed by atoms with E-state index in [-0.39, 0.29) is 11.5 Å². The minimum Gasteiger partial charge on any atom is -0.475 e. The Morgan fingerprint density at radius 1 is 1.17 bits per heavy atom. The number of hydrogen-bond donors (Lipinski definition) is 1. The first kappa shape index (κ1) is 22.3. The lowest BCUT2D eigenvalue weighted by atomic mass is 9.62. The first-order valence-electron chi connectivity index (χ1n) is 9.52. The summed E-state index contributed by atoms with van der Waals surface area (Å²) in [6.07, 6.45) is -3.14. The second-order valence-corrected chi connectivity index (χ2v) is 8.58. The summed E-state index contributed by atoms with van der Waals surface area (Å²) in [5.74, 6) is -2.42. The summed E-state index contributed by atoms with van der Waals surface area (Å²) in [5, 5.41) is 9.26. The molecule has 2 aliphatic heterocycles. The van der Waals surface area contributed by atoms with Gasteiger partial charge in [-0.05, 0) is 42.9 Å². The number of amides is 1. The van der Waals surface area contributed by atoms with Gasteiger partial charge in [0.15, 0.2) is 0 Å². The van der Waals surface area contributed by atoms with Gasteiger partial charge >= 0.3 is 12.1 Å². The van der Waals surface area contributed by atoms with Gasteiger partial charge in [0.2, 0.25) is 5.91 Å². The van der Waals surface area contributed by atoms with E-state index < -0.39 is 12.1 Å². The first-order chi connectivity index (χ1) is 14.1. The summed E-state index contributed by atoms with van der Waals surface area (Å²) < 4.78 is 31.7. The number of thiophene rings is 1. The Morgan fingerprint density at radius 3 is 2.27 bits per heavy atom. The molecule has 2 fully saturated rings. The van der Waals surface area contributed by atoms with E-state index in [9.17, 15) is 18.0 Å². The zero-order valence-corrected chi connectivity index (χ0v) is 17.2. The molecule has 0 radical (unpaired) electrons. The van der Waals surface area contributed by atoms with Crippen LogP contribution in [0.5, 0.6) is 0 Å². The van der Waals surface area contributed by atoms with E-state index in [4.69, 9.17) is 9.90 Å². The lowest BCUT2D eigenvalue weighted by Crippen LogP contribution is -2.64. The third-order valence-electron chi connectivity index (χ3n) is 5.72. The van der Waals surface area contributed by atoms with Crippen LogP contribution >= 0.6 is 11.3 Å². The van der Waals surface area contributed by atoms with Crippen molar-refractivity contribution in [1.29, 1.82) is 0 Å². The highest BCUT2D eigenvalue weighted by Crippen LogP contribution is 2.55. The molecule has 2 aliphatic rings. The lowest BCUT2D eigenvalue weighted by molar-refractivity contribution is -0.192. The van der Waals surface area contributed by atoms with Crippen LogP contribution in [-0.2, 0) is 16.1 Å². The number of rotatable bonds is 3. The van der Waals surface area contributed by atoms with Gasteiger partial charge < -0.3 is 10.0 Å². The van der Waals surface area contributed by atoms with Crippen molar-refractivity contribution in [3.63, 3.8) is 0 Å². The molecule has 1 atom stereocenters. The molecule has 3 heterocycles. The molecular formula is C21H23F3N2O3S. The standard InChI is InChI=1S/C19H22N2OS.C2HF3O2/c1-20-17(15-6-3-2-4-7-15)19(18(20)22)9-11-21(12-10-19)14-16-8-5-13-23-16;3-2(4,5)1(6)7/h2-8,13,17H,9-12,14H2,1H3;(H,6,7). The fourth-order valence-electron chi connectivity index (χ4n) is 4.29. The SMILES string of the molecule is CN1C(=O)C2(CCN(Cc3cccs3)CC2)C1c1ccccc1.O=C(O)C(F)(F)F. The van der Waals surface area contributed by atoms with Crippen molar-refractivity contribution < 1.29 is 27.9 Å². The first-order valence-corrected chi connectivity index (χ1v) is 10.4. The zero-order chi connectivity index (χ0) is 21.9. The number of hydrogen-bond acceptors (Lipinski definition) is 4. The van der Waals surface area contributed by atoms with E-state index in [0.29, 0.717) is 5.91 Å². The molecule has 1 aromatic carbocycles. The van der Waals surface area contributed by atoms with Crippen LogP contribution < -0.4 is 0 Å². The molecular weight excluding hydrogens is 417 g/mol. The molecule has 1 N–H and O–H groups in total. The van der Waals surface area contributed by atoms with Crippen molar-refractivity contribution in [2.75, 3.05) is 20.1 Å². The van der Waals surface area contributed by atoms with E-state index in [0.717, 1.165) is 32.5 Å². The third-order valence-corrected chi connectivity index (χ3v) is 6.58. The van der Waals surface area contributed by atoms with Crippen LogP contribution in [0.15, 0.2) is 47.8 Å². The van der Waals surface area contributed by atoms with E-state index >= 15 is 0 Å². The van der Waals surface area contributed by atoms with Crippen molar-refractivity contribution in [3.8, 4) is 0 Å². The van der Waals surface area contributed by atoms with E-state index in [1.807, 2.05) is 29.4 Å². The molecule has 0 aliphatic carbocycles. The second kappa shape index (κ2) is 8.77. The molecule has 2 aromatic rings.